The number of amides is 1. The van der Waals surface area contributed by atoms with Crippen molar-refractivity contribution in [1.29, 1.82) is 0 Å². The summed E-state index contributed by atoms with van der Waals surface area (Å²) in [5.41, 5.74) is 11.3. The molecule has 0 spiro atoms. The van der Waals surface area contributed by atoms with Gasteiger partial charge in [0.2, 0.25) is 5.28 Å². The van der Waals surface area contributed by atoms with E-state index in [1.165, 1.54) is 6.33 Å². The Hall–Kier alpha value is -5.02. The maximum absolute atomic E-state index is 12.8. The average molecular weight is 813 g/mol. The number of aromatic nitrogens is 4. The zero-order chi connectivity index (χ0) is 41.2. The molecule has 3 heterocycles. The van der Waals surface area contributed by atoms with E-state index in [0.29, 0.717) is 5.75 Å². The Morgan fingerprint density at radius 3 is 2.09 bits per heavy atom. The van der Waals surface area contributed by atoms with Crippen molar-refractivity contribution in [2.24, 2.45) is 5.11 Å². The van der Waals surface area contributed by atoms with Crippen molar-refractivity contribution < 1.29 is 28.2 Å². The molecule has 57 heavy (non-hydrogen) atoms. The molecule has 0 saturated carbocycles. The Morgan fingerprint density at radius 1 is 0.947 bits per heavy atom. The number of nitrogens with zero attached hydrogens (tertiary/aromatic N) is 7. The SMILES string of the molecule is COc1ccc(C(OC[C@H]2O[C@@H](n3cnc4c(NC(=O)OC(C)(C)C)nc(Cl)nc43)C(O[Si](C)(C)C(C)(C)C)C2N=[N+]=[N-])(c2ccccc2)c2ccccc2)cc1. The van der Waals surface area contributed by atoms with Gasteiger partial charge in [0, 0.05) is 4.91 Å². The van der Waals surface area contributed by atoms with Crippen LogP contribution >= 0.6 is 11.6 Å². The monoisotopic (exact) mass is 812 g/mol. The summed E-state index contributed by atoms with van der Waals surface area (Å²) in [6.45, 7) is 15.9. The van der Waals surface area contributed by atoms with Gasteiger partial charge in [-0.2, -0.15) is 9.97 Å². The fraction of sp³-hybridized carbons (Fsp3) is 0.415. The predicted molar refractivity (Wildman–Crippen MR) is 221 cm³/mol. The van der Waals surface area contributed by atoms with E-state index in [0.717, 1.165) is 16.7 Å². The molecule has 14 nitrogen and oxygen atoms in total. The minimum Gasteiger partial charge on any atom is -0.497 e. The second-order valence-electron chi connectivity index (χ2n) is 16.3. The Bertz CT molecular complexity index is 2180. The van der Waals surface area contributed by atoms with Gasteiger partial charge in [-0.3, -0.25) is 9.88 Å². The summed E-state index contributed by atoms with van der Waals surface area (Å²) in [5, 5.41) is 6.63. The zero-order valence-corrected chi connectivity index (χ0v) is 35.4. The Balaban J connectivity index is 1.46. The highest BCUT2D eigenvalue weighted by Crippen LogP contribution is 2.46. The molecule has 0 aliphatic carbocycles. The molecule has 1 fully saturated rings. The van der Waals surface area contributed by atoms with Crippen molar-refractivity contribution >= 4 is 43.0 Å². The van der Waals surface area contributed by atoms with E-state index in [1.54, 1.807) is 32.4 Å². The predicted octanol–water partition coefficient (Wildman–Crippen LogP) is 9.81. The van der Waals surface area contributed by atoms with Crippen LogP contribution in [0.2, 0.25) is 23.4 Å². The summed E-state index contributed by atoms with van der Waals surface area (Å²) in [4.78, 5) is 29.5. The number of fused-ring (bicyclic) bond motifs is 1. The molecule has 300 valence electrons. The van der Waals surface area contributed by atoms with Crippen molar-refractivity contribution in [3.63, 3.8) is 0 Å². The number of benzene rings is 3. The quantitative estimate of drug-likeness (QED) is 0.0322. The zero-order valence-electron chi connectivity index (χ0n) is 33.6. The van der Waals surface area contributed by atoms with Gasteiger partial charge in [0.25, 0.3) is 0 Å². The molecule has 0 radical (unpaired) electrons. The molecule has 0 bridgehead atoms. The van der Waals surface area contributed by atoms with Crippen LogP contribution in [0, 0.1) is 0 Å². The van der Waals surface area contributed by atoms with E-state index < -0.39 is 50.1 Å². The number of azide groups is 1. The first-order chi connectivity index (χ1) is 27.0. The lowest BCUT2D eigenvalue weighted by molar-refractivity contribution is -0.0851. The van der Waals surface area contributed by atoms with Crippen molar-refractivity contribution in [2.75, 3.05) is 19.0 Å². The van der Waals surface area contributed by atoms with Crippen LogP contribution in [0.15, 0.2) is 96.4 Å². The van der Waals surface area contributed by atoms with Gasteiger partial charge in [0.05, 0.1) is 32.2 Å². The number of hydrogen-bond donors (Lipinski definition) is 1. The third-order valence-corrected chi connectivity index (χ3v) is 15.0. The standard InChI is InChI=1S/C41H49ClN8O6Si/c1-39(2,3)55-38(51)46-34-32-35(47-37(42)45-34)50(25-44-32)36-33(56-57(8,9)40(4,5)6)31(48-49-43)30(54-36)24-53-41(26-16-12-10-13-17-26,27-18-14-11-15-19-27)28-20-22-29(52-7)23-21-28/h10-23,25,30-31,33,36H,24H2,1-9H3,(H,45,46,47,51)/t30-,31?,33?,36-/m1/s1. The molecule has 2 aromatic heterocycles. The molecular formula is C41H49ClN8O6Si. The number of anilines is 1. The first kappa shape index (κ1) is 41.6. The molecule has 6 rings (SSSR count). The van der Waals surface area contributed by atoms with Gasteiger partial charge in [0.1, 0.15) is 23.1 Å². The number of ether oxygens (including phenoxy) is 4. The maximum Gasteiger partial charge on any atom is 0.413 e. The van der Waals surface area contributed by atoms with Gasteiger partial charge in [-0.15, -0.1) is 0 Å². The summed E-state index contributed by atoms with van der Waals surface area (Å²) in [6.07, 6.45) is -1.76. The summed E-state index contributed by atoms with van der Waals surface area (Å²) >= 11 is 6.46. The molecule has 3 aromatic carbocycles. The van der Waals surface area contributed by atoms with Crippen LogP contribution in [0.25, 0.3) is 21.6 Å². The fourth-order valence-corrected chi connectivity index (χ4v) is 8.07. The van der Waals surface area contributed by atoms with Crippen molar-refractivity contribution in [3.8, 4) is 5.75 Å². The number of carbonyl (C=O) groups is 1. The molecule has 4 atom stereocenters. The molecule has 16 heteroatoms. The minimum absolute atomic E-state index is 0.0266. The van der Waals surface area contributed by atoms with Gasteiger partial charge in [0.15, 0.2) is 31.5 Å². The smallest absolute Gasteiger partial charge is 0.413 e. The molecule has 5 aromatic rings. The van der Waals surface area contributed by atoms with Gasteiger partial charge < -0.3 is 23.4 Å². The van der Waals surface area contributed by atoms with Crippen LogP contribution in [0.4, 0.5) is 10.6 Å². The molecule has 1 aliphatic heterocycles. The fourth-order valence-electron chi connectivity index (χ4n) is 6.62. The van der Waals surface area contributed by atoms with Crippen LogP contribution in [0.3, 0.4) is 0 Å². The van der Waals surface area contributed by atoms with Gasteiger partial charge >= 0.3 is 6.09 Å². The summed E-state index contributed by atoms with van der Waals surface area (Å²) < 4.78 is 33.9. The molecular weight excluding hydrogens is 764 g/mol. The number of rotatable bonds is 12. The Kier molecular flexibility index (Phi) is 12.0. The summed E-state index contributed by atoms with van der Waals surface area (Å²) in [7, 11) is -0.941. The Labute approximate surface area is 338 Å². The van der Waals surface area contributed by atoms with E-state index in [9.17, 15) is 10.3 Å². The van der Waals surface area contributed by atoms with Gasteiger partial charge in [-0.05, 0) is 84.9 Å². The van der Waals surface area contributed by atoms with E-state index in [2.05, 4.69) is 64.2 Å². The van der Waals surface area contributed by atoms with E-state index in [4.69, 9.17) is 35.0 Å². The lowest BCUT2D eigenvalue weighted by atomic mass is 9.80. The lowest BCUT2D eigenvalue weighted by Gasteiger charge is -2.40. The number of hydrogen-bond acceptors (Lipinski definition) is 10. The van der Waals surface area contributed by atoms with Crippen LogP contribution < -0.4 is 10.1 Å². The highest BCUT2D eigenvalue weighted by Gasteiger charge is 2.52. The molecule has 1 N–H and O–H groups in total. The topological polar surface area (TPSA) is 168 Å². The molecule has 1 saturated heterocycles. The third-order valence-electron chi connectivity index (χ3n) is 10.3. The number of halogens is 1. The Morgan fingerprint density at radius 2 is 1.54 bits per heavy atom. The van der Waals surface area contributed by atoms with Crippen molar-refractivity contribution in [3.05, 3.63) is 124 Å². The van der Waals surface area contributed by atoms with E-state index in [-0.39, 0.29) is 33.9 Å². The van der Waals surface area contributed by atoms with Crippen molar-refractivity contribution in [1.82, 2.24) is 19.5 Å². The van der Waals surface area contributed by atoms with Gasteiger partial charge in [-0.1, -0.05) is 98.7 Å². The first-order valence-electron chi connectivity index (χ1n) is 18.6. The number of nitrogens with one attached hydrogen (secondary N) is 1. The first-order valence-corrected chi connectivity index (χ1v) is 21.9. The highest BCUT2D eigenvalue weighted by molar-refractivity contribution is 6.74. The van der Waals surface area contributed by atoms with Crippen LogP contribution in [-0.2, 0) is 24.2 Å². The number of imidazole rings is 1. The second-order valence-corrected chi connectivity index (χ2v) is 21.4. The third kappa shape index (κ3) is 8.79. The normalized spacial score (nSPS) is 18.9. The van der Waals surface area contributed by atoms with Crippen LogP contribution in [0.5, 0.6) is 5.75 Å². The van der Waals surface area contributed by atoms with Crippen molar-refractivity contribution in [2.45, 2.75) is 95.4 Å². The lowest BCUT2D eigenvalue weighted by Crippen LogP contribution is -2.48. The number of carbonyl (C=O) groups excluding carboxylic acids is 1. The number of methoxy groups -OCH3 is 1. The van der Waals surface area contributed by atoms with Crippen LogP contribution in [-0.4, -0.2) is 71.5 Å². The van der Waals surface area contributed by atoms with Crippen LogP contribution in [0.1, 0.15) is 64.5 Å². The summed E-state index contributed by atoms with van der Waals surface area (Å²) in [5.74, 6) is 0.755. The summed E-state index contributed by atoms with van der Waals surface area (Å²) in [6, 6.07) is 26.8. The minimum atomic E-state index is -2.57. The molecule has 1 aliphatic rings. The second kappa shape index (κ2) is 16.5. The molecule has 2 unspecified atom stereocenters. The average Bonchev–Trinajstić information content (AvgIpc) is 3.72. The van der Waals surface area contributed by atoms with E-state index in [1.807, 2.05) is 84.9 Å². The van der Waals surface area contributed by atoms with Gasteiger partial charge in [-0.25, -0.2) is 9.78 Å². The maximum atomic E-state index is 12.8. The largest absolute Gasteiger partial charge is 0.497 e. The highest BCUT2D eigenvalue weighted by atomic mass is 35.5. The molecule has 1 amide bonds. The van der Waals surface area contributed by atoms with E-state index >= 15 is 0 Å².